The van der Waals surface area contributed by atoms with Crippen LogP contribution in [0.2, 0.25) is 0 Å². The highest BCUT2D eigenvalue weighted by Crippen LogP contribution is 2.35. The summed E-state index contributed by atoms with van der Waals surface area (Å²) in [6.07, 6.45) is 5.27. The fourth-order valence-electron chi connectivity index (χ4n) is 1.80. The fourth-order valence-corrected chi connectivity index (χ4v) is 2.42. The van der Waals surface area contributed by atoms with Gasteiger partial charge in [-0.25, -0.2) is 0 Å². The van der Waals surface area contributed by atoms with Gasteiger partial charge in [0.25, 0.3) is 0 Å². The lowest BCUT2D eigenvalue weighted by Crippen LogP contribution is -2.25. The maximum absolute atomic E-state index is 10.7. The van der Waals surface area contributed by atoms with Crippen LogP contribution < -0.4 is 4.90 Å². The van der Waals surface area contributed by atoms with Crippen molar-refractivity contribution in [3.63, 3.8) is 0 Å². The highest BCUT2D eigenvalue weighted by Gasteiger charge is 2.29. The number of nitrogens with zero attached hydrogens (tertiary/aromatic N) is 1. The Morgan fingerprint density at radius 1 is 1.50 bits per heavy atom. The van der Waals surface area contributed by atoms with Crippen LogP contribution in [0.5, 0.6) is 0 Å². The summed E-state index contributed by atoms with van der Waals surface area (Å²) in [6, 6.07) is 6.35. The van der Waals surface area contributed by atoms with Crippen LogP contribution in [0, 0.1) is 0 Å². The average Bonchev–Trinajstić information content (AvgIpc) is 3.10. The Labute approximate surface area is 104 Å². The largest absolute Gasteiger partial charge is 0.364 e. The molecular formula is C13H14BrNO. The van der Waals surface area contributed by atoms with Crippen molar-refractivity contribution in [2.24, 2.45) is 0 Å². The lowest BCUT2D eigenvalue weighted by molar-refractivity contribution is 0.112. The molecule has 0 unspecified atom stereocenters. The van der Waals surface area contributed by atoms with E-state index >= 15 is 0 Å². The minimum atomic E-state index is 0.636. The average molecular weight is 280 g/mol. The van der Waals surface area contributed by atoms with Crippen molar-refractivity contribution < 1.29 is 4.79 Å². The summed E-state index contributed by atoms with van der Waals surface area (Å²) in [5, 5.41) is 0. The zero-order chi connectivity index (χ0) is 11.5. The minimum absolute atomic E-state index is 0.636. The fraction of sp³-hybridized carbons (Fsp3) is 0.308. The van der Waals surface area contributed by atoms with Gasteiger partial charge in [0.1, 0.15) is 6.29 Å². The molecule has 16 heavy (non-hydrogen) atoms. The molecule has 0 aliphatic heterocycles. The second-order valence-corrected chi connectivity index (χ2v) is 4.86. The van der Waals surface area contributed by atoms with E-state index in [0.717, 1.165) is 23.0 Å². The van der Waals surface area contributed by atoms with Gasteiger partial charge in [-0.3, -0.25) is 4.79 Å². The van der Waals surface area contributed by atoms with Crippen LogP contribution in [0.4, 0.5) is 5.69 Å². The van der Waals surface area contributed by atoms with Crippen LogP contribution in [-0.4, -0.2) is 18.9 Å². The quantitative estimate of drug-likeness (QED) is 0.608. The molecule has 84 valence electrons. The third kappa shape index (κ3) is 2.35. The van der Waals surface area contributed by atoms with E-state index in [1.807, 2.05) is 24.3 Å². The summed E-state index contributed by atoms with van der Waals surface area (Å²) >= 11 is 3.52. The van der Waals surface area contributed by atoms with Gasteiger partial charge in [-0.05, 0) is 47.0 Å². The number of aldehydes is 1. The maximum atomic E-state index is 10.7. The first-order valence-corrected chi connectivity index (χ1v) is 6.18. The Bertz CT molecular complexity index is 412. The molecule has 0 aromatic heterocycles. The Morgan fingerprint density at radius 2 is 2.25 bits per heavy atom. The number of anilines is 1. The summed E-state index contributed by atoms with van der Waals surface area (Å²) in [7, 11) is 0. The van der Waals surface area contributed by atoms with E-state index < -0.39 is 0 Å². The van der Waals surface area contributed by atoms with Crippen molar-refractivity contribution >= 4 is 27.9 Å². The van der Waals surface area contributed by atoms with Crippen LogP contribution in [-0.2, 0) is 0 Å². The van der Waals surface area contributed by atoms with Crippen LogP contribution >= 0.6 is 15.9 Å². The van der Waals surface area contributed by atoms with Crippen molar-refractivity contribution in [2.45, 2.75) is 18.9 Å². The highest BCUT2D eigenvalue weighted by molar-refractivity contribution is 9.10. The molecule has 0 N–H and O–H groups in total. The molecule has 1 saturated carbocycles. The molecule has 0 saturated heterocycles. The molecule has 2 nitrogen and oxygen atoms in total. The molecule has 2 rings (SSSR count). The van der Waals surface area contributed by atoms with Crippen molar-refractivity contribution in [2.75, 3.05) is 11.4 Å². The summed E-state index contributed by atoms with van der Waals surface area (Å²) in [5.74, 6) is 0. The topological polar surface area (TPSA) is 20.3 Å². The van der Waals surface area contributed by atoms with Gasteiger partial charge in [0, 0.05) is 22.6 Å². The number of carbonyl (C=O) groups is 1. The Morgan fingerprint density at radius 3 is 2.75 bits per heavy atom. The van der Waals surface area contributed by atoms with Crippen LogP contribution in [0.15, 0.2) is 35.3 Å². The number of carbonyl (C=O) groups excluding carboxylic acids is 1. The SMILES string of the molecule is C=CCN(c1ccc(C=O)cc1Br)C1CC1. The molecule has 0 heterocycles. The van der Waals surface area contributed by atoms with Gasteiger partial charge in [0.05, 0.1) is 5.69 Å². The molecule has 3 heteroatoms. The normalized spacial score (nSPS) is 14.6. The van der Waals surface area contributed by atoms with Crippen LogP contribution in [0.25, 0.3) is 0 Å². The number of benzene rings is 1. The van der Waals surface area contributed by atoms with E-state index in [0.29, 0.717) is 11.6 Å². The van der Waals surface area contributed by atoms with Crippen molar-refractivity contribution in [3.05, 3.63) is 40.9 Å². The number of hydrogen-bond donors (Lipinski definition) is 0. The molecule has 0 atom stereocenters. The lowest BCUT2D eigenvalue weighted by atomic mass is 10.2. The smallest absolute Gasteiger partial charge is 0.150 e. The second-order valence-electron chi connectivity index (χ2n) is 4.00. The van der Waals surface area contributed by atoms with Gasteiger partial charge in [0.15, 0.2) is 0 Å². The van der Waals surface area contributed by atoms with E-state index in [9.17, 15) is 4.79 Å². The Kier molecular flexibility index (Phi) is 3.44. The zero-order valence-electron chi connectivity index (χ0n) is 9.03. The lowest BCUT2D eigenvalue weighted by Gasteiger charge is -2.24. The molecule has 0 radical (unpaired) electrons. The number of hydrogen-bond acceptors (Lipinski definition) is 2. The van der Waals surface area contributed by atoms with E-state index in [1.54, 1.807) is 0 Å². The Hall–Kier alpha value is -1.09. The summed E-state index contributed by atoms with van der Waals surface area (Å²) in [4.78, 5) is 13.0. The van der Waals surface area contributed by atoms with Crippen molar-refractivity contribution in [3.8, 4) is 0 Å². The Balaban J connectivity index is 2.29. The molecule has 0 amide bonds. The van der Waals surface area contributed by atoms with E-state index in [2.05, 4.69) is 27.4 Å². The highest BCUT2D eigenvalue weighted by atomic mass is 79.9. The first-order chi connectivity index (χ1) is 7.76. The van der Waals surface area contributed by atoms with E-state index in [-0.39, 0.29) is 0 Å². The van der Waals surface area contributed by atoms with E-state index in [1.165, 1.54) is 12.8 Å². The maximum Gasteiger partial charge on any atom is 0.150 e. The van der Waals surface area contributed by atoms with E-state index in [4.69, 9.17) is 0 Å². The first kappa shape index (κ1) is 11.4. The van der Waals surface area contributed by atoms with Gasteiger partial charge < -0.3 is 4.90 Å². The summed E-state index contributed by atoms with van der Waals surface area (Å²) in [5.41, 5.74) is 1.85. The first-order valence-electron chi connectivity index (χ1n) is 5.38. The van der Waals surface area contributed by atoms with Crippen LogP contribution in [0.3, 0.4) is 0 Å². The predicted molar refractivity (Wildman–Crippen MR) is 70.1 cm³/mol. The van der Waals surface area contributed by atoms with Crippen molar-refractivity contribution in [1.82, 2.24) is 0 Å². The molecule has 0 spiro atoms. The minimum Gasteiger partial charge on any atom is -0.364 e. The standard InChI is InChI=1S/C13H14BrNO/c1-2-7-15(11-4-5-11)13-6-3-10(9-16)8-12(13)14/h2-3,6,8-9,11H,1,4-5,7H2. The van der Waals surface area contributed by atoms with Crippen molar-refractivity contribution in [1.29, 1.82) is 0 Å². The van der Waals surface area contributed by atoms with Gasteiger partial charge in [0.2, 0.25) is 0 Å². The summed E-state index contributed by atoms with van der Waals surface area (Å²) < 4.78 is 0.978. The third-order valence-corrected chi connectivity index (χ3v) is 3.37. The van der Waals surface area contributed by atoms with Gasteiger partial charge in [-0.2, -0.15) is 0 Å². The third-order valence-electron chi connectivity index (χ3n) is 2.73. The second kappa shape index (κ2) is 4.83. The van der Waals surface area contributed by atoms with Gasteiger partial charge in [-0.15, -0.1) is 6.58 Å². The number of rotatable bonds is 5. The van der Waals surface area contributed by atoms with Gasteiger partial charge in [-0.1, -0.05) is 6.08 Å². The summed E-state index contributed by atoms with van der Waals surface area (Å²) in [6.45, 7) is 4.64. The molecule has 1 aromatic carbocycles. The molecule has 1 aromatic rings. The zero-order valence-corrected chi connectivity index (χ0v) is 10.6. The molecule has 1 fully saturated rings. The molecule has 0 bridgehead atoms. The monoisotopic (exact) mass is 279 g/mol. The number of halogens is 1. The van der Waals surface area contributed by atoms with Gasteiger partial charge >= 0.3 is 0 Å². The molecule has 1 aliphatic carbocycles. The predicted octanol–water partition coefficient (Wildman–Crippen LogP) is 3.42. The van der Waals surface area contributed by atoms with Crippen LogP contribution in [0.1, 0.15) is 23.2 Å². The molecular weight excluding hydrogens is 266 g/mol. The molecule has 1 aliphatic rings.